The Bertz CT molecular complexity index is 581. The molecule has 2 atom stereocenters. The predicted molar refractivity (Wildman–Crippen MR) is 82.6 cm³/mol. The fourth-order valence-electron chi connectivity index (χ4n) is 2.86. The molecule has 0 fully saturated rings. The summed E-state index contributed by atoms with van der Waals surface area (Å²) in [6.07, 6.45) is 4.19. The van der Waals surface area contributed by atoms with Crippen LogP contribution in [0.4, 0.5) is 0 Å². The standard InChI is InChI=1S/C16H20N2OS/c1-11-18-10-16(20-11)14(17-2)9-12-7-8-19-15-6-4-3-5-13(12)15/h3-6,10,12,14,17H,7-9H2,1-2H3. The molecule has 2 unspecified atom stereocenters. The molecule has 106 valence electrons. The fourth-order valence-corrected chi connectivity index (χ4v) is 3.77. The third-order valence-corrected chi connectivity index (χ3v) is 4.96. The van der Waals surface area contributed by atoms with Gasteiger partial charge in [-0.05, 0) is 44.4 Å². The van der Waals surface area contributed by atoms with Crippen molar-refractivity contribution in [2.45, 2.75) is 31.7 Å². The maximum absolute atomic E-state index is 5.75. The van der Waals surface area contributed by atoms with Gasteiger partial charge in [0.05, 0.1) is 11.6 Å². The quantitative estimate of drug-likeness (QED) is 0.932. The zero-order valence-corrected chi connectivity index (χ0v) is 12.7. The summed E-state index contributed by atoms with van der Waals surface area (Å²) >= 11 is 1.79. The number of hydrogen-bond acceptors (Lipinski definition) is 4. The summed E-state index contributed by atoms with van der Waals surface area (Å²) in [7, 11) is 2.03. The van der Waals surface area contributed by atoms with Crippen LogP contribution in [0.5, 0.6) is 5.75 Å². The summed E-state index contributed by atoms with van der Waals surface area (Å²) in [4.78, 5) is 5.70. The maximum Gasteiger partial charge on any atom is 0.122 e. The van der Waals surface area contributed by atoms with Crippen molar-refractivity contribution in [1.82, 2.24) is 10.3 Å². The van der Waals surface area contributed by atoms with E-state index in [0.29, 0.717) is 12.0 Å². The number of aromatic nitrogens is 1. The zero-order chi connectivity index (χ0) is 13.9. The van der Waals surface area contributed by atoms with Gasteiger partial charge in [-0.15, -0.1) is 11.3 Å². The van der Waals surface area contributed by atoms with Gasteiger partial charge >= 0.3 is 0 Å². The molecule has 1 aliphatic heterocycles. The van der Waals surface area contributed by atoms with Gasteiger partial charge in [-0.2, -0.15) is 0 Å². The summed E-state index contributed by atoms with van der Waals surface area (Å²) in [6, 6.07) is 8.79. The van der Waals surface area contributed by atoms with E-state index in [1.165, 1.54) is 10.4 Å². The van der Waals surface area contributed by atoms with Crippen LogP contribution in [0.3, 0.4) is 0 Å². The van der Waals surface area contributed by atoms with Gasteiger partial charge in [0, 0.05) is 17.1 Å². The van der Waals surface area contributed by atoms with E-state index in [0.717, 1.165) is 30.2 Å². The molecule has 0 aliphatic carbocycles. The average Bonchev–Trinajstić information content (AvgIpc) is 2.91. The summed E-state index contributed by atoms with van der Waals surface area (Å²) in [5, 5.41) is 4.57. The van der Waals surface area contributed by atoms with Crippen molar-refractivity contribution < 1.29 is 4.74 Å². The Hall–Kier alpha value is -1.39. The summed E-state index contributed by atoms with van der Waals surface area (Å²) < 4.78 is 5.75. The van der Waals surface area contributed by atoms with E-state index in [1.807, 2.05) is 19.3 Å². The Morgan fingerprint density at radius 1 is 1.45 bits per heavy atom. The number of thiazole rings is 1. The van der Waals surface area contributed by atoms with E-state index in [9.17, 15) is 0 Å². The smallest absolute Gasteiger partial charge is 0.122 e. The summed E-state index contributed by atoms with van der Waals surface area (Å²) in [5.74, 6) is 1.61. The van der Waals surface area contributed by atoms with Crippen molar-refractivity contribution in [2.24, 2.45) is 0 Å². The van der Waals surface area contributed by atoms with Crippen LogP contribution in [0.1, 0.15) is 40.2 Å². The number of aryl methyl sites for hydroxylation is 1. The molecular weight excluding hydrogens is 268 g/mol. The van der Waals surface area contributed by atoms with E-state index in [2.05, 4.69) is 35.4 Å². The average molecular weight is 288 g/mol. The second-order valence-corrected chi connectivity index (χ2v) is 6.50. The molecule has 1 aliphatic rings. The molecule has 0 radical (unpaired) electrons. The number of benzene rings is 1. The van der Waals surface area contributed by atoms with Crippen molar-refractivity contribution in [3.63, 3.8) is 0 Å². The number of fused-ring (bicyclic) bond motifs is 1. The molecule has 1 N–H and O–H groups in total. The van der Waals surface area contributed by atoms with Crippen LogP contribution in [0.2, 0.25) is 0 Å². The van der Waals surface area contributed by atoms with Crippen LogP contribution in [-0.2, 0) is 0 Å². The van der Waals surface area contributed by atoms with Crippen LogP contribution >= 0.6 is 11.3 Å². The molecule has 2 heterocycles. The third kappa shape index (κ3) is 2.72. The van der Waals surface area contributed by atoms with Crippen LogP contribution in [0.15, 0.2) is 30.5 Å². The van der Waals surface area contributed by atoms with Gasteiger partial charge in [0.15, 0.2) is 0 Å². The summed E-state index contributed by atoms with van der Waals surface area (Å²) in [6.45, 7) is 2.88. The zero-order valence-electron chi connectivity index (χ0n) is 11.9. The lowest BCUT2D eigenvalue weighted by molar-refractivity contribution is 0.256. The van der Waals surface area contributed by atoms with Gasteiger partial charge in [0.1, 0.15) is 5.75 Å². The third-order valence-electron chi connectivity index (χ3n) is 3.93. The molecule has 0 bridgehead atoms. The number of para-hydroxylation sites is 1. The van der Waals surface area contributed by atoms with Crippen molar-refractivity contribution in [1.29, 1.82) is 0 Å². The fraction of sp³-hybridized carbons (Fsp3) is 0.438. The van der Waals surface area contributed by atoms with Gasteiger partial charge in [-0.3, -0.25) is 0 Å². The molecule has 0 spiro atoms. The Labute approximate surface area is 124 Å². The van der Waals surface area contributed by atoms with Crippen LogP contribution in [0, 0.1) is 6.92 Å². The number of ether oxygens (including phenoxy) is 1. The predicted octanol–water partition coefficient (Wildman–Crippen LogP) is 3.67. The highest BCUT2D eigenvalue weighted by atomic mass is 32.1. The first-order chi connectivity index (χ1) is 9.78. The van der Waals surface area contributed by atoms with E-state index in [1.54, 1.807) is 11.3 Å². The molecule has 3 rings (SSSR count). The van der Waals surface area contributed by atoms with Crippen LogP contribution in [0.25, 0.3) is 0 Å². The van der Waals surface area contributed by atoms with Gasteiger partial charge in [0.2, 0.25) is 0 Å². The van der Waals surface area contributed by atoms with Crippen molar-refractivity contribution >= 4 is 11.3 Å². The first-order valence-corrected chi connectivity index (χ1v) is 7.91. The molecule has 20 heavy (non-hydrogen) atoms. The van der Waals surface area contributed by atoms with Gasteiger partial charge in [-0.25, -0.2) is 4.98 Å². The van der Waals surface area contributed by atoms with Gasteiger partial charge in [0.25, 0.3) is 0 Å². The second kappa shape index (κ2) is 5.94. The number of hydrogen-bond donors (Lipinski definition) is 1. The number of nitrogens with zero attached hydrogens (tertiary/aromatic N) is 1. The first kappa shape index (κ1) is 13.6. The topological polar surface area (TPSA) is 34.1 Å². The minimum Gasteiger partial charge on any atom is -0.493 e. The van der Waals surface area contributed by atoms with Crippen molar-refractivity contribution in [3.8, 4) is 5.75 Å². The van der Waals surface area contributed by atoms with E-state index >= 15 is 0 Å². The van der Waals surface area contributed by atoms with E-state index < -0.39 is 0 Å². The summed E-state index contributed by atoms with van der Waals surface area (Å²) in [5.41, 5.74) is 1.35. The number of rotatable bonds is 4. The highest BCUT2D eigenvalue weighted by molar-refractivity contribution is 7.11. The minimum atomic E-state index is 0.373. The molecule has 0 amide bonds. The molecular formula is C16H20N2OS. The Morgan fingerprint density at radius 2 is 2.30 bits per heavy atom. The number of nitrogens with one attached hydrogen (secondary N) is 1. The lowest BCUT2D eigenvalue weighted by Crippen LogP contribution is -2.22. The maximum atomic E-state index is 5.75. The van der Waals surface area contributed by atoms with E-state index in [-0.39, 0.29) is 0 Å². The molecule has 0 saturated carbocycles. The second-order valence-electron chi connectivity index (χ2n) is 5.23. The van der Waals surface area contributed by atoms with Gasteiger partial charge in [-0.1, -0.05) is 18.2 Å². The van der Waals surface area contributed by atoms with Crippen molar-refractivity contribution in [3.05, 3.63) is 45.9 Å². The molecule has 4 heteroatoms. The minimum absolute atomic E-state index is 0.373. The largest absolute Gasteiger partial charge is 0.493 e. The molecule has 0 saturated heterocycles. The van der Waals surface area contributed by atoms with Gasteiger partial charge < -0.3 is 10.1 Å². The highest BCUT2D eigenvalue weighted by Gasteiger charge is 2.25. The molecule has 3 nitrogen and oxygen atoms in total. The lowest BCUT2D eigenvalue weighted by atomic mass is 9.87. The van der Waals surface area contributed by atoms with Crippen molar-refractivity contribution in [2.75, 3.05) is 13.7 Å². The SMILES string of the molecule is CNC(CC1CCOc2ccccc21)c1cnc(C)s1. The van der Waals surface area contributed by atoms with Crippen LogP contribution in [-0.4, -0.2) is 18.6 Å². The Kier molecular flexibility index (Phi) is 4.03. The lowest BCUT2D eigenvalue weighted by Gasteiger charge is -2.28. The molecule has 2 aromatic rings. The van der Waals surface area contributed by atoms with Crippen LogP contribution < -0.4 is 10.1 Å². The highest BCUT2D eigenvalue weighted by Crippen LogP contribution is 2.39. The Balaban J connectivity index is 1.80. The monoisotopic (exact) mass is 288 g/mol. The Morgan fingerprint density at radius 3 is 3.05 bits per heavy atom. The molecule has 1 aromatic heterocycles. The van der Waals surface area contributed by atoms with E-state index in [4.69, 9.17) is 4.74 Å². The molecule has 1 aromatic carbocycles. The first-order valence-electron chi connectivity index (χ1n) is 7.09. The normalized spacial score (nSPS) is 19.2.